The first kappa shape index (κ1) is 20.5. The first-order valence-corrected chi connectivity index (χ1v) is 10.5. The number of aryl methyl sites for hydroxylation is 1. The molecule has 1 saturated heterocycles. The average molecular weight is 429 g/mol. The van der Waals surface area contributed by atoms with Crippen LogP contribution < -0.4 is 10.5 Å². The zero-order chi connectivity index (χ0) is 21.4. The highest BCUT2D eigenvalue weighted by Gasteiger charge is 2.29. The van der Waals surface area contributed by atoms with E-state index in [4.69, 9.17) is 16.0 Å². The zero-order valence-corrected chi connectivity index (χ0v) is 18.1. The molecule has 1 amide bonds. The van der Waals surface area contributed by atoms with Crippen LogP contribution in [0.5, 0.6) is 0 Å². The van der Waals surface area contributed by atoms with Gasteiger partial charge in [0.1, 0.15) is 17.5 Å². The van der Waals surface area contributed by atoms with Crippen molar-refractivity contribution in [1.82, 2.24) is 14.5 Å². The van der Waals surface area contributed by atoms with Crippen molar-refractivity contribution in [3.63, 3.8) is 0 Å². The molecule has 30 heavy (non-hydrogen) atoms. The number of amides is 1. The van der Waals surface area contributed by atoms with Crippen molar-refractivity contribution in [2.45, 2.75) is 27.3 Å². The minimum atomic E-state index is -0.228. The number of benzene rings is 1. The second-order valence-electron chi connectivity index (χ2n) is 8.06. The number of carbonyl (C=O) groups is 1. The summed E-state index contributed by atoms with van der Waals surface area (Å²) >= 11 is 5.97. The van der Waals surface area contributed by atoms with E-state index in [-0.39, 0.29) is 28.5 Å². The molecule has 7 nitrogen and oxygen atoms in total. The largest absolute Gasteiger partial charge is 0.442 e. The predicted molar refractivity (Wildman–Crippen MR) is 117 cm³/mol. The summed E-state index contributed by atoms with van der Waals surface area (Å²) in [6.07, 6.45) is 1.49. The molecule has 3 heterocycles. The molecule has 1 aromatic carbocycles. The number of rotatable bonds is 4. The van der Waals surface area contributed by atoms with Crippen LogP contribution in [0.1, 0.15) is 30.0 Å². The molecule has 4 rings (SSSR count). The molecule has 0 atom stereocenters. The van der Waals surface area contributed by atoms with Gasteiger partial charge in [0.25, 0.3) is 11.5 Å². The topological polar surface area (TPSA) is 71.6 Å². The normalized spacial score (nSPS) is 14.7. The molecule has 2 aromatic heterocycles. The lowest BCUT2D eigenvalue weighted by Crippen LogP contribution is -2.49. The Hall–Kier alpha value is -2.80. The number of hydrogen-bond donors (Lipinski definition) is 0. The number of hydrogen-bond acceptors (Lipinski definition) is 5. The molecule has 0 N–H and O–H groups in total. The number of halogens is 1. The number of fused-ring (bicyclic) bond motifs is 1. The van der Waals surface area contributed by atoms with Gasteiger partial charge in [-0.2, -0.15) is 0 Å². The molecule has 0 unspecified atom stereocenters. The van der Waals surface area contributed by atoms with Crippen LogP contribution in [0.25, 0.3) is 11.1 Å². The molecule has 1 aliphatic heterocycles. The highest BCUT2D eigenvalue weighted by Crippen LogP contribution is 2.25. The first-order chi connectivity index (χ1) is 14.3. The van der Waals surface area contributed by atoms with Gasteiger partial charge in [-0.25, -0.2) is 4.98 Å². The van der Waals surface area contributed by atoms with Crippen molar-refractivity contribution in [2.24, 2.45) is 5.92 Å². The van der Waals surface area contributed by atoms with E-state index in [0.717, 1.165) is 5.69 Å². The van der Waals surface area contributed by atoms with Crippen LogP contribution in [-0.2, 0) is 6.54 Å². The van der Waals surface area contributed by atoms with E-state index < -0.39 is 0 Å². The van der Waals surface area contributed by atoms with Crippen LogP contribution >= 0.6 is 11.6 Å². The Morgan fingerprint density at radius 1 is 1.17 bits per heavy atom. The van der Waals surface area contributed by atoms with E-state index in [1.165, 1.54) is 6.33 Å². The molecule has 158 valence electrons. The van der Waals surface area contributed by atoms with Gasteiger partial charge in [0.15, 0.2) is 0 Å². The fourth-order valence-corrected chi connectivity index (χ4v) is 4.02. The van der Waals surface area contributed by atoms with E-state index >= 15 is 0 Å². The van der Waals surface area contributed by atoms with E-state index in [2.05, 4.69) is 9.88 Å². The van der Waals surface area contributed by atoms with Gasteiger partial charge in [-0.05, 0) is 37.1 Å². The highest BCUT2D eigenvalue weighted by atomic mass is 35.5. The molecule has 3 aromatic rings. The number of anilines is 1. The van der Waals surface area contributed by atoms with Gasteiger partial charge >= 0.3 is 0 Å². The number of aromatic nitrogens is 2. The monoisotopic (exact) mass is 428 g/mol. The summed E-state index contributed by atoms with van der Waals surface area (Å²) in [6.45, 7) is 8.86. The summed E-state index contributed by atoms with van der Waals surface area (Å²) in [7, 11) is 0. The standard InChI is InChI=1S/C22H25ClN4O3/c1-14(2)12-27-13-24-20-19(22(27)29)18(15(3)30-20)21(28)26-10-8-25(9-11-26)17-6-4-16(23)5-7-17/h4-7,13-14H,8-12H2,1-3H3. The third kappa shape index (κ3) is 3.81. The molecule has 1 aliphatic rings. The van der Waals surface area contributed by atoms with E-state index in [0.29, 0.717) is 49.1 Å². The van der Waals surface area contributed by atoms with Crippen molar-refractivity contribution in [2.75, 3.05) is 31.1 Å². The number of nitrogens with zero attached hydrogens (tertiary/aromatic N) is 4. The van der Waals surface area contributed by atoms with Gasteiger partial charge in [-0.1, -0.05) is 25.4 Å². The van der Waals surface area contributed by atoms with Crippen molar-refractivity contribution >= 4 is 34.3 Å². The van der Waals surface area contributed by atoms with Crippen LogP contribution in [0.3, 0.4) is 0 Å². The van der Waals surface area contributed by atoms with Crippen LogP contribution in [0.2, 0.25) is 5.02 Å². The third-order valence-corrected chi connectivity index (χ3v) is 5.64. The minimum Gasteiger partial charge on any atom is -0.442 e. The Balaban J connectivity index is 1.58. The number of piperazine rings is 1. The van der Waals surface area contributed by atoms with E-state index in [1.54, 1.807) is 16.4 Å². The summed E-state index contributed by atoms with van der Waals surface area (Å²) in [5.41, 5.74) is 1.41. The average Bonchev–Trinajstić information content (AvgIpc) is 3.07. The first-order valence-electron chi connectivity index (χ1n) is 10.1. The molecule has 1 fully saturated rings. The fourth-order valence-electron chi connectivity index (χ4n) is 3.90. The molecular formula is C22H25ClN4O3. The van der Waals surface area contributed by atoms with Crippen LogP contribution in [-0.4, -0.2) is 46.5 Å². The lowest BCUT2D eigenvalue weighted by Gasteiger charge is -2.36. The van der Waals surface area contributed by atoms with Gasteiger partial charge in [0, 0.05) is 43.4 Å². The van der Waals surface area contributed by atoms with Gasteiger partial charge < -0.3 is 14.2 Å². The molecule has 0 saturated carbocycles. The SMILES string of the molecule is Cc1oc2ncn(CC(C)C)c(=O)c2c1C(=O)N1CCN(c2ccc(Cl)cc2)CC1. The summed E-state index contributed by atoms with van der Waals surface area (Å²) in [6, 6.07) is 7.70. The van der Waals surface area contributed by atoms with Crippen molar-refractivity contribution in [1.29, 1.82) is 0 Å². The van der Waals surface area contributed by atoms with Crippen LogP contribution in [0, 0.1) is 12.8 Å². The van der Waals surface area contributed by atoms with Gasteiger partial charge in [0.2, 0.25) is 5.71 Å². The predicted octanol–water partition coefficient (Wildman–Crippen LogP) is 3.57. The smallest absolute Gasteiger partial charge is 0.265 e. The third-order valence-electron chi connectivity index (χ3n) is 5.39. The summed E-state index contributed by atoms with van der Waals surface area (Å²) in [5.74, 6) is 0.542. The molecule has 0 bridgehead atoms. The lowest BCUT2D eigenvalue weighted by molar-refractivity contribution is 0.0746. The molecule has 0 spiro atoms. The van der Waals surface area contributed by atoms with Crippen molar-refractivity contribution in [3.05, 3.63) is 57.3 Å². The van der Waals surface area contributed by atoms with Gasteiger partial charge in [0.05, 0.1) is 5.56 Å². The maximum Gasteiger partial charge on any atom is 0.265 e. The molecule has 8 heteroatoms. The Kier molecular flexibility index (Phi) is 5.56. The maximum atomic E-state index is 13.3. The fraction of sp³-hybridized carbons (Fsp3) is 0.409. The Bertz CT molecular complexity index is 1130. The second-order valence-corrected chi connectivity index (χ2v) is 8.50. The number of carbonyl (C=O) groups excluding carboxylic acids is 1. The summed E-state index contributed by atoms with van der Waals surface area (Å²) in [4.78, 5) is 34.6. The van der Waals surface area contributed by atoms with Crippen molar-refractivity contribution < 1.29 is 9.21 Å². The maximum absolute atomic E-state index is 13.3. The van der Waals surface area contributed by atoms with Crippen LogP contribution in [0.15, 0.2) is 39.8 Å². The molecule has 0 aliphatic carbocycles. The summed E-state index contributed by atoms with van der Waals surface area (Å²) in [5, 5.41) is 0.979. The molecule has 0 radical (unpaired) electrons. The van der Waals surface area contributed by atoms with E-state index in [9.17, 15) is 9.59 Å². The Morgan fingerprint density at radius 3 is 2.47 bits per heavy atom. The van der Waals surface area contributed by atoms with Gasteiger partial charge in [-0.3, -0.25) is 14.2 Å². The zero-order valence-electron chi connectivity index (χ0n) is 17.4. The highest BCUT2D eigenvalue weighted by molar-refractivity contribution is 6.30. The van der Waals surface area contributed by atoms with Gasteiger partial charge in [-0.15, -0.1) is 0 Å². The minimum absolute atomic E-state index is 0.178. The Labute approximate surface area is 179 Å². The van der Waals surface area contributed by atoms with Crippen LogP contribution in [0.4, 0.5) is 5.69 Å². The number of furan rings is 1. The van der Waals surface area contributed by atoms with Crippen molar-refractivity contribution in [3.8, 4) is 0 Å². The summed E-state index contributed by atoms with van der Waals surface area (Å²) < 4.78 is 7.21. The second kappa shape index (κ2) is 8.14. The quantitative estimate of drug-likeness (QED) is 0.635. The molecular weight excluding hydrogens is 404 g/mol. The van der Waals surface area contributed by atoms with E-state index in [1.807, 2.05) is 38.1 Å². The lowest BCUT2D eigenvalue weighted by atomic mass is 10.1. The Morgan fingerprint density at radius 2 is 1.83 bits per heavy atom.